The number of rotatable bonds is 6. The smallest absolute Gasteiger partial charge is 0.356 e. The molecule has 0 aliphatic carbocycles. The summed E-state index contributed by atoms with van der Waals surface area (Å²) < 4.78 is 4.62. The number of aromatic amines is 1. The van der Waals surface area contributed by atoms with E-state index in [4.69, 9.17) is 11.6 Å². The fraction of sp³-hybridized carbons (Fsp3) is 0.286. The van der Waals surface area contributed by atoms with Crippen molar-refractivity contribution in [3.05, 3.63) is 36.0 Å². The number of H-pyrrole nitrogens is 1. The van der Waals surface area contributed by atoms with Crippen LogP contribution in [0.25, 0.3) is 11.3 Å². The first-order chi connectivity index (χ1) is 10.1. The number of aromatic nitrogens is 2. The highest BCUT2D eigenvalue weighted by molar-refractivity contribution is 6.18. The van der Waals surface area contributed by atoms with Gasteiger partial charge in [-0.2, -0.15) is 5.10 Å². The Morgan fingerprint density at radius 1 is 1.52 bits per heavy atom. The van der Waals surface area contributed by atoms with Crippen molar-refractivity contribution >= 4 is 23.3 Å². The van der Waals surface area contributed by atoms with Crippen LogP contribution >= 0.6 is 11.6 Å². The molecular formula is C14H16ClN3O3. The van der Waals surface area contributed by atoms with E-state index in [2.05, 4.69) is 20.3 Å². The number of esters is 1. The van der Waals surface area contributed by atoms with Gasteiger partial charge in [-0.15, -0.1) is 11.6 Å². The predicted molar refractivity (Wildman–Crippen MR) is 80.6 cm³/mol. The van der Waals surface area contributed by atoms with E-state index in [1.807, 2.05) is 24.3 Å². The molecule has 1 unspecified atom stereocenters. The largest absolute Gasteiger partial charge is 0.464 e. The van der Waals surface area contributed by atoms with E-state index >= 15 is 0 Å². The summed E-state index contributed by atoms with van der Waals surface area (Å²) in [5.41, 5.74) is 2.60. The average molecular weight is 310 g/mol. The van der Waals surface area contributed by atoms with Gasteiger partial charge in [0.2, 0.25) is 0 Å². The molecule has 0 aliphatic heterocycles. The second-order valence-electron chi connectivity index (χ2n) is 4.43. The number of methoxy groups -OCH3 is 1. The zero-order chi connectivity index (χ0) is 15.2. The molecule has 0 fully saturated rings. The third-order valence-corrected chi connectivity index (χ3v) is 3.22. The molecule has 112 valence electrons. The van der Waals surface area contributed by atoms with Crippen molar-refractivity contribution in [2.75, 3.05) is 24.9 Å². The summed E-state index contributed by atoms with van der Waals surface area (Å²) in [4.78, 5) is 11.4. The molecular weight excluding hydrogens is 294 g/mol. The van der Waals surface area contributed by atoms with Crippen LogP contribution in [0.4, 0.5) is 5.69 Å². The molecule has 0 radical (unpaired) electrons. The molecule has 0 spiro atoms. The molecule has 6 nitrogen and oxygen atoms in total. The summed E-state index contributed by atoms with van der Waals surface area (Å²) in [6.45, 7) is 0.362. The van der Waals surface area contributed by atoms with Crippen molar-refractivity contribution in [2.24, 2.45) is 0 Å². The van der Waals surface area contributed by atoms with E-state index in [1.165, 1.54) is 7.11 Å². The molecule has 2 aromatic rings. The van der Waals surface area contributed by atoms with Gasteiger partial charge in [0.15, 0.2) is 0 Å². The lowest BCUT2D eigenvalue weighted by Crippen LogP contribution is -2.20. The van der Waals surface area contributed by atoms with Gasteiger partial charge >= 0.3 is 5.97 Å². The van der Waals surface area contributed by atoms with Crippen molar-refractivity contribution in [3.8, 4) is 11.3 Å². The molecule has 1 heterocycles. The number of benzene rings is 1. The van der Waals surface area contributed by atoms with Gasteiger partial charge in [0.1, 0.15) is 5.69 Å². The van der Waals surface area contributed by atoms with E-state index in [-0.39, 0.29) is 5.88 Å². The second kappa shape index (κ2) is 7.10. The maximum Gasteiger partial charge on any atom is 0.356 e. The van der Waals surface area contributed by atoms with E-state index in [0.29, 0.717) is 17.9 Å². The normalized spacial score (nSPS) is 12.0. The molecule has 0 bridgehead atoms. The number of ether oxygens (including phenoxy) is 1. The molecule has 0 aliphatic rings. The summed E-state index contributed by atoms with van der Waals surface area (Å²) in [7, 11) is 1.32. The highest BCUT2D eigenvalue weighted by Gasteiger charge is 2.11. The van der Waals surface area contributed by atoms with E-state index in [9.17, 15) is 9.90 Å². The Balaban J connectivity index is 2.13. The molecule has 0 saturated carbocycles. The lowest BCUT2D eigenvalue weighted by atomic mass is 10.1. The fourth-order valence-corrected chi connectivity index (χ4v) is 1.87. The highest BCUT2D eigenvalue weighted by Crippen LogP contribution is 2.21. The van der Waals surface area contributed by atoms with E-state index < -0.39 is 12.1 Å². The van der Waals surface area contributed by atoms with Crippen molar-refractivity contribution in [3.63, 3.8) is 0 Å². The number of alkyl halides is 1. The molecule has 2 rings (SSSR count). The first-order valence-electron chi connectivity index (χ1n) is 6.36. The molecule has 0 amide bonds. The standard InChI is InChI=1S/C14H16ClN3O3/c1-21-14(20)13-6-12(17-18-13)9-3-2-4-10(5-9)16-8-11(19)7-15/h2-6,11,16,19H,7-8H2,1H3,(H,17,18). The van der Waals surface area contributed by atoms with Crippen LogP contribution in [0.15, 0.2) is 30.3 Å². The van der Waals surface area contributed by atoms with Crippen LogP contribution in [0.5, 0.6) is 0 Å². The van der Waals surface area contributed by atoms with Gasteiger partial charge in [-0.1, -0.05) is 12.1 Å². The van der Waals surface area contributed by atoms with Gasteiger partial charge in [-0.25, -0.2) is 4.79 Å². The third-order valence-electron chi connectivity index (χ3n) is 2.86. The lowest BCUT2D eigenvalue weighted by molar-refractivity contribution is 0.0594. The van der Waals surface area contributed by atoms with Crippen molar-refractivity contribution in [2.45, 2.75) is 6.10 Å². The minimum Gasteiger partial charge on any atom is -0.464 e. The number of anilines is 1. The van der Waals surface area contributed by atoms with Crippen LogP contribution < -0.4 is 5.32 Å². The molecule has 3 N–H and O–H groups in total. The van der Waals surface area contributed by atoms with Crippen LogP contribution in [0.3, 0.4) is 0 Å². The Morgan fingerprint density at radius 3 is 3.05 bits per heavy atom. The van der Waals surface area contributed by atoms with Gasteiger partial charge in [0, 0.05) is 17.8 Å². The number of aliphatic hydroxyl groups excluding tert-OH is 1. The molecule has 0 saturated heterocycles. The Hall–Kier alpha value is -2.05. The molecule has 1 aromatic carbocycles. The Bertz CT molecular complexity index is 615. The zero-order valence-corrected chi connectivity index (χ0v) is 12.2. The average Bonchev–Trinajstić information content (AvgIpc) is 3.02. The first-order valence-corrected chi connectivity index (χ1v) is 6.89. The Labute approximate surface area is 127 Å². The van der Waals surface area contributed by atoms with Crippen LogP contribution in [0.1, 0.15) is 10.5 Å². The van der Waals surface area contributed by atoms with Gasteiger partial charge < -0.3 is 15.2 Å². The Morgan fingerprint density at radius 2 is 2.33 bits per heavy atom. The summed E-state index contributed by atoms with van der Waals surface area (Å²) in [5.74, 6) is -0.289. The number of carbonyl (C=O) groups is 1. The van der Waals surface area contributed by atoms with Crippen molar-refractivity contribution < 1.29 is 14.6 Å². The van der Waals surface area contributed by atoms with Crippen molar-refractivity contribution in [1.29, 1.82) is 0 Å². The van der Waals surface area contributed by atoms with Crippen LogP contribution in [-0.2, 0) is 4.74 Å². The zero-order valence-electron chi connectivity index (χ0n) is 11.5. The van der Waals surface area contributed by atoms with Crippen molar-refractivity contribution in [1.82, 2.24) is 10.2 Å². The summed E-state index contributed by atoms with van der Waals surface area (Å²) in [5, 5.41) is 19.2. The van der Waals surface area contributed by atoms with E-state index in [1.54, 1.807) is 6.07 Å². The SMILES string of the molecule is COC(=O)c1cc(-c2cccc(NCC(O)CCl)c2)n[nH]1. The number of hydrogen-bond donors (Lipinski definition) is 3. The van der Waals surface area contributed by atoms with Gasteiger partial charge in [-0.3, -0.25) is 5.10 Å². The monoisotopic (exact) mass is 309 g/mol. The quantitative estimate of drug-likeness (QED) is 0.560. The van der Waals surface area contributed by atoms with Gasteiger partial charge in [0.25, 0.3) is 0 Å². The number of halogens is 1. The Kier molecular flexibility index (Phi) is 5.19. The van der Waals surface area contributed by atoms with Crippen LogP contribution in [-0.4, -0.2) is 46.9 Å². The highest BCUT2D eigenvalue weighted by atomic mass is 35.5. The predicted octanol–water partition coefficient (Wildman–Crippen LogP) is 1.87. The minimum absolute atomic E-state index is 0.175. The number of carbonyl (C=O) groups excluding carboxylic acids is 1. The van der Waals surface area contributed by atoms with Crippen LogP contribution in [0, 0.1) is 0 Å². The summed E-state index contributed by atoms with van der Waals surface area (Å²) >= 11 is 5.54. The number of hydrogen-bond acceptors (Lipinski definition) is 5. The van der Waals surface area contributed by atoms with Gasteiger partial charge in [0.05, 0.1) is 24.8 Å². The number of nitrogens with zero attached hydrogens (tertiary/aromatic N) is 1. The molecule has 7 heteroatoms. The molecule has 1 aromatic heterocycles. The summed E-state index contributed by atoms with van der Waals surface area (Å²) in [6, 6.07) is 9.10. The number of nitrogens with one attached hydrogen (secondary N) is 2. The molecule has 21 heavy (non-hydrogen) atoms. The topological polar surface area (TPSA) is 87.2 Å². The first kappa shape index (κ1) is 15.3. The van der Waals surface area contributed by atoms with Gasteiger partial charge in [-0.05, 0) is 18.2 Å². The minimum atomic E-state index is -0.605. The van der Waals surface area contributed by atoms with Crippen LogP contribution in [0.2, 0.25) is 0 Å². The maximum atomic E-state index is 11.4. The van der Waals surface area contributed by atoms with E-state index in [0.717, 1.165) is 11.3 Å². The second-order valence-corrected chi connectivity index (χ2v) is 4.74. The molecule has 1 atom stereocenters. The number of aliphatic hydroxyl groups is 1. The lowest BCUT2D eigenvalue weighted by Gasteiger charge is -2.10. The third kappa shape index (κ3) is 3.96. The fourth-order valence-electron chi connectivity index (χ4n) is 1.76. The maximum absolute atomic E-state index is 11.4. The summed E-state index contributed by atoms with van der Waals surface area (Å²) in [6.07, 6.45) is -0.605.